The Hall–Kier alpha value is -2.82. The van der Waals surface area contributed by atoms with Gasteiger partial charge in [-0.15, -0.1) is 0 Å². The van der Waals surface area contributed by atoms with E-state index in [1.165, 1.54) is 14.2 Å². The van der Waals surface area contributed by atoms with Gasteiger partial charge in [0.15, 0.2) is 11.5 Å². The number of benzene rings is 2. The van der Waals surface area contributed by atoms with Gasteiger partial charge in [0.2, 0.25) is 0 Å². The van der Waals surface area contributed by atoms with Crippen molar-refractivity contribution >= 4 is 17.9 Å². The molecule has 2 rings (SSSR count). The van der Waals surface area contributed by atoms with Gasteiger partial charge in [-0.25, -0.2) is 0 Å². The van der Waals surface area contributed by atoms with E-state index in [9.17, 15) is 9.59 Å². The van der Waals surface area contributed by atoms with Crippen LogP contribution >= 0.6 is 0 Å². The van der Waals surface area contributed by atoms with Crippen molar-refractivity contribution in [1.29, 1.82) is 0 Å². The van der Waals surface area contributed by atoms with E-state index in [0.717, 1.165) is 6.29 Å². The molecule has 0 heterocycles. The van der Waals surface area contributed by atoms with Crippen LogP contribution < -0.4 is 14.8 Å². The average Bonchev–Trinajstić information content (AvgIpc) is 2.54. The third-order valence-electron chi connectivity index (χ3n) is 2.93. The van der Waals surface area contributed by atoms with E-state index in [1.807, 2.05) is 0 Å². The molecule has 0 atom stereocenters. The number of hydrogen-bond acceptors (Lipinski definition) is 4. The highest BCUT2D eigenvalue weighted by Gasteiger charge is 2.11. The lowest BCUT2D eigenvalue weighted by Gasteiger charge is -2.10. The van der Waals surface area contributed by atoms with Crippen molar-refractivity contribution in [2.24, 2.45) is 0 Å². The van der Waals surface area contributed by atoms with Gasteiger partial charge in [0.25, 0.3) is 5.91 Å². The molecule has 0 aliphatic carbocycles. The van der Waals surface area contributed by atoms with E-state index in [2.05, 4.69) is 5.32 Å². The van der Waals surface area contributed by atoms with Gasteiger partial charge in [-0.1, -0.05) is 12.1 Å². The number of methoxy groups -OCH3 is 2. The minimum atomic E-state index is -0.293. The first kappa shape index (κ1) is 14.6. The van der Waals surface area contributed by atoms with Crippen LogP contribution in [0, 0.1) is 0 Å². The molecule has 1 amide bonds. The standard InChI is InChI=1S/C16H15NO4/c1-20-14-7-6-12(9-15(14)21-2)16(19)17-13-5-3-4-11(8-13)10-18/h3-10H,1-2H3,(H,17,19). The van der Waals surface area contributed by atoms with E-state index in [-0.39, 0.29) is 5.91 Å². The van der Waals surface area contributed by atoms with Crippen molar-refractivity contribution < 1.29 is 19.1 Å². The Bertz CT molecular complexity index is 667. The Morgan fingerprint density at radius 3 is 2.48 bits per heavy atom. The van der Waals surface area contributed by atoms with Gasteiger partial charge in [-0.05, 0) is 30.3 Å². The zero-order valence-corrected chi connectivity index (χ0v) is 11.8. The first-order chi connectivity index (χ1) is 10.2. The lowest BCUT2D eigenvalue weighted by Crippen LogP contribution is -2.12. The predicted octanol–water partition coefficient (Wildman–Crippen LogP) is 2.77. The molecule has 2 aromatic rings. The Morgan fingerprint density at radius 1 is 1.05 bits per heavy atom. The largest absolute Gasteiger partial charge is 0.493 e. The Kier molecular flexibility index (Phi) is 4.56. The van der Waals surface area contributed by atoms with Gasteiger partial charge >= 0.3 is 0 Å². The van der Waals surface area contributed by atoms with Crippen LogP contribution in [-0.2, 0) is 0 Å². The summed E-state index contributed by atoms with van der Waals surface area (Å²) in [6, 6.07) is 11.6. The first-order valence-corrected chi connectivity index (χ1v) is 6.26. The predicted molar refractivity (Wildman–Crippen MR) is 79.3 cm³/mol. The van der Waals surface area contributed by atoms with Gasteiger partial charge < -0.3 is 14.8 Å². The van der Waals surface area contributed by atoms with Crippen molar-refractivity contribution in [3.05, 3.63) is 53.6 Å². The number of carbonyl (C=O) groups is 2. The summed E-state index contributed by atoms with van der Waals surface area (Å²) < 4.78 is 10.3. The van der Waals surface area contributed by atoms with Crippen LogP contribution in [0.15, 0.2) is 42.5 Å². The fourth-order valence-electron chi connectivity index (χ4n) is 1.87. The third-order valence-corrected chi connectivity index (χ3v) is 2.93. The lowest BCUT2D eigenvalue weighted by atomic mass is 10.1. The summed E-state index contributed by atoms with van der Waals surface area (Å²) in [5, 5.41) is 2.73. The van der Waals surface area contributed by atoms with Crippen LogP contribution in [0.3, 0.4) is 0 Å². The minimum Gasteiger partial charge on any atom is -0.493 e. The van der Waals surface area contributed by atoms with Gasteiger partial charge in [-0.2, -0.15) is 0 Å². The number of carbonyl (C=O) groups excluding carboxylic acids is 2. The third kappa shape index (κ3) is 3.39. The summed E-state index contributed by atoms with van der Waals surface area (Å²) in [7, 11) is 3.04. The van der Waals surface area contributed by atoms with Gasteiger partial charge in [-0.3, -0.25) is 9.59 Å². The Balaban J connectivity index is 2.21. The van der Waals surface area contributed by atoms with Crippen LogP contribution in [-0.4, -0.2) is 26.4 Å². The summed E-state index contributed by atoms with van der Waals surface area (Å²) in [4.78, 5) is 22.9. The zero-order valence-electron chi connectivity index (χ0n) is 11.8. The molecule has 2 aromatic carbocycles. The fraction of sp³-hybridized carbons (Fsp3) is 0.125. The van der Waals surface area contributed by atoms with Crippen molar-refractivity contribution in [3.8, 4) is 11.5 Å². The fourth-order valence-corrected chi connectivity index (χ4v) is 1.87. The number of rotatable bonds is 5. The topological polar surface area (TPSA) is 64.6 Å². The van der Waals surface area contributed by atoms with Gasteiger partial charge in [0, 0.05) is 16.8 Å². The molecule has 0 radical (unpaired) electrons. The molecular formula is C16H15NO4. The Morgan fingerprint density at radius 2 is 1.81 bits per heavy atom. The molecule has 0 spiro atoms. The number of aldehydes is 1. The van der Waals surface area contributed by atoms with Crippen LogP contribution in [0.1, 0.15) is 20.7 Å². The first-order valence-electron chi connectivity index (χ1n) is 6.26. The average molecular weight is 285 g/mol. The molecule has 0 unspecified atom stereocenters. The second-order valence-corrected chi connectivity index (χ2v) is 4.27. The number of nitrogens with one attached hydrogen (secondary N) is 1. The van der Waals surface area contributed by atoms with Gasteiger partial charge in [0.1, 0.15) is 6.29 Å². The molecular weight excluding hydrogens is 270 g/mol. The maximum Gasteiger partial charge on any atom is 0.255 e. The number of amides is 1. The number of anilines is 1. The number of ether oxygens (including phenoxy) is 2. The molecule has 5 heteroatoms. The van der Waals surface area contributed by atoms with Crippen LogP contribution in [0.2, 0.25) is 0 Å². The van der Waals surface area contributed by atoms with E-state index in [4.69, 9.17) is 9.47 Å². The van der Waals surface area contributed by atoms with Crippen molar-refractivity contribution in [1.82, 2.24) is 0 Å². The molecule has 21 heavy (non-hydrogen) atoms. The van der Waals surface area contributed by atoms with E-state index < -0.39 is 0 Å². The second-order valence-electron chi connectivity index (χ2n) is 4.27. The molecule has 0 fully saturated rings. The summed E-state index contributed by atoms with van der Waals surface area (Å²) >= 11 is 0. The lowest BCUT2D eigenvalue weighted by molar-refractivity contribution is 0.102. The quantitative estimate of drug-likeness (QED) is 0.858. The zero-order chi connectivity index (χ0) is 15.2. The molecule has 108 valence electrons. The smallest absolute Gasteiger partial charge is 0.255 e. The molecule has 5 nitrogen and oxygen atoms in total. The van der Waals surface area contributed by atoms with Crippen LogP contribution in [0.25, 0.3) is 0 Å². The minimum absolute atomic E-state index is 0.293. The molecule has 0 bridgehead atoms. The molecule has 0 saturated carbocycles. The highest BCUT2D eigenvalue weighted by molar-refractivity contribution is 6.05. The molecule has 0 aliphatic rings. The highest BCUT2D eigenvalue weighted by atomic mass is 16.5. The van der Waals surface area contributed by atoms with Gasteiger partial charge in [0.05, 0.1) is 14.2 Å². The maximum absolute atomic E-state index is 12.2. The second kappa shape index (κ2) is 6.56. The normalized spacial score (nSPS) is 9.81. The molecule has 0 aliphatic heterocycles. The summed E-state index contributed by atoms with van der Waals surface area (Å²) in [6.45, 7) is 0. The highest BCUT2D eigenvalue weighted by Crippen LogP contribution is 2.27. The van der Waals surface area contributed by atoms with E-state index in [1.54, 1.807) is 42.5 Å². The molecule has 0 aromatic heterocycles. The van der Waals surface area contributed by atoms with E-state index >= 15 is 0 Å². The maximum atomic E-state index is 12.2. The SMILES string of the molecule is COc1ccc(C(=O)Nc2cccc(C=O)c2)cc1OC. The number of hydrogen-bond donors (Lipinski definition) is 1. The van der Waals surface area contributed by atoms with Crippen LogP contribution in [0.4, 0.5) is 5.69 Å². The van der Waals surface area contributed by atoms with Crippen molar-refractivity contribution in [2.75, 3.05) is 19.5 Å². The summed E-state index contributed by atoms with van der Waals surface area (Å²) in [5.41, 5.74) is 1.49. The van der Waals surface area contributed by atoms with E-state index in [0.29, 0.717) is 28.3 Å². The summed E-state index contributed by atoms with van der Waals surface area (Å²) in [5.74, 6) is 0.739. The monoisotopic (exact) mass is 285 g/mol. The van der Waals surface area contributed by atoms with Crippen LogP contribution in [0.5, 0.6) is 11.5 Å². The van der Waals surface area contributed by atoms with Crippen molar-refractivity contribution in [3.63, 3.8) is 0 Å². The van der Waals surface area contributed by atoms with Crippen molar-refractivity contribution in [2.45, 2.75) is 0 Å². The molecule has 0 saturated heterocycles. The Labute approximate surface area is 122 Å². The summed E-state index contributed by atoms with van der Waals surface area (Å²) in [6.07, 6.45) is 0.728. The molecule has 1 N–H and O–H groups in total.